The van der Waals surface area contributed by atoms with Crippen LogP contribution in [0.3, 0.4) is 0 Å². The van der Waals surface area contributed by atoms with Crippen LogP contribution in [0.15, 0.2) is 15.9 Å². The van der Waals surface area contributed by atoms with Crippen molar-refractivity contribution in [1.82, 2.24) is 4.90 Å². The van der Waals surface area contributed by atoms with Crippen molar-refractivity contribution in [3.05, 3.63) is 20.8 Å². The first-order chi connectivity index (χ1) is 9.55. The van der Waals surface area contributed by atoms with Gasteiger partial charge in [0.2, 0.25) is 0 Å². The molecule has 0 radical (unpaired) electrons. The number of halogens is 1. The van der Waals surface area contributed by atoms with Gasteiger partial charge in [0.15, 0.2) is 0 Å². The Morgan fingerprint density at radius 3 is 2.55 bits per heavy atom. The average molecular weight is 359 g/mol. The molecule has 0 bridgehead atoms. The van der Waals surface area contributed by atoms with Crippen LogP contribution in [0.5, 0.6) is 0 Å². The molecule has 0 spiro atoms. The molecule has 20 heavy (non-hydrogen) atoms. The predicted molar refractivity (Wildman–Crippen MR) is 92.2 cm³/mol. The Bertz CT molecular complexity index is 428. The van der Waals surface area contributed by atoms with Gasteiger partial charge in [0.25, 0.3) is 0 Å². The summed E-state index contributed by atoms with van der Waals surface area (Å²) in [6.45, 7) is 9.26. The van der Waals surface area contributed by atoms with Crippen LogP contribution in [0.25, 0.3) is 0 Å². The normalized spacial score (nSPS) is 22.1. The van der Waals surface area contributed by atoms with Crippen LogP contribution in [0.4, 0.5) is 0 Å². The van der Waals surface area contributed by atoms with Crippen molar-refractivity contribution < 1.29 is 0 Å². The highest BCUT2D eigenvalue weighted by Crippen LogP contribution is 2.42. The van der Waals surface area contributed by atoms with Crippen molar-refractivity contribution >= 4 is 27.3 Å². The van der Waals surface area contributed by atoms with Crippen molar-refractivity contribution in [3.8, 4) is 0 Å². The van der Waals surface area contributed by atoms with Gasteiger partial charge >= 0.3 is 0 Å². The van der Waals surface area contributed by atoms with Gasteiger partial charge in [-0.1, -0.05) is 20.8 Å². The van der Waals surface area contributed by atoms with Gasteiger partial charge in [-0.2, -0.15) is 0 Å². The standard InChI is InChI=1S/C16H27BrN2S/c1-4-13(18)15(14-9-12(17)10-20-14)19-8-7-16(5-2,6-3)11-19/h9-10,13,15H,4-8,11,18H2,1-3H3. The molecule has 1 aliphatic rings. The molecule has 2 heterocycles. The topological polar surface area (TPSA) is 29.3 Å². The molecule has 0 aromatic carbocycles. The van der Waals surface area contributed by atoms with E-state index in [0.717, 1.165) is 6.42 Å². The molecule has 0 amide bonds. The number of hydrogen-bond donors (Lipinski definition) is 1. The van der Waals surface area contributed by atoms with E-state index in [1.165, 1.54) is 41.7 Å². The molecule has 1 saturated heterocycles. The van der Waals surface area contributed by atoms with E-state index in [4.69, 9.17) is 5.73 Å². The molecule has 1 fully saturated rings. The highest BCUT2D eigenvalue weighted by Gasteiger charge is 2.39. The molecule has 1 aromatic rings. The fourth-order valence-electron chi connectivity index (χ4n) is 3.40. The summed E-state index contributed by atoms with van der Waals surface area (Å²) >= 11 is 5.42. The average Bonchev–Trinajstić information content (AvgIpc) is 3.07. The number of rotatable bonds is 6. The van der Waals surface area contributed by atoms with Crippen molar-refractivity contribution in [1.29, 1.82) is 0 Å². The molecule has 0 aliphatic carbocycles. The molecular weight excluding hydrogens is 332 g/mol. The number of thiophene rings is 1. The number of nitrogens with zero attached hydrogens (tertiary/aromatic N) is 1. The predicted octanol–water partition coefficient (Wildman–Crippen LogP) is 4.80. The minimum absolute atomic E-state index is 0.227. The van der Waals surface area contributed by atoms with Gasteiger partial charge in [-0.25, -0.2) is 0 Å². The van der Waals surface area contributed by atoms with Crippen LogP contribution in [0.2, 0.25) is 0 Å². The van der Waals surface area contributed by atoms with Crippen molar-refractivity contribution in [2.24, 2.45) is 11.1 Å². The van der Waals surface area contributed by atoms with Gasteiger partial charge in [0.1, 0.15) is 0 Å². The summed E-state index contributed by atoms with van der Waals surface area (Å²) < 4.78 is 1.18. The lowest BCUT2D eigenvalue weighted by Crippen LogP contribution is -2.40. The molecule has 2 nitrogen and oxygen atoms in total. The van der Waals surface area contributed by atoms with E-state index in [1.807, 2.05) is 11.3 Å². The smallest absolute Gasteiger partial charge is 0.0593 e. The van der Waals surface area contributed by atoms with Crippen molar-refractivity contribution in [2.45, 2.75) is 58.5 Å². The lowest BCUT2D eigenvalue weighted by Gasteiger charge is -2.34. The van der Waals surface area contributed by atoms with Gasteiger partial charge in [0.05, 0.1) is 6.04 Å². The quantitative estimate of drug-likeness (QED) is 0.790. The third kappa shape index (κ3) is 3.29. The minimum Gasteiger partial charge on any atom is -0.326 e. The highest BCUT2D eigenvalue weighted by atomic mass is 79.9. The fourth-order valence-corrected chi connectivity index (χ4v) is 5.06. The number of hydrogen-bond acceptors (Lipinski definition) is 3. The second-order valence-electron chi connectivity index (χ2n) is 6.11. The summed E-state index contributed by atoms with van der Waals surface area (Å²) in [5, 5.41) is 2.17. The van der Waals surface area contributed by atoms with Gasteiger partial charge in [-0.05, 0) is 59.6 Å². The molecule has 1 aliphatic heterocycles. The Hall–Kier alpha value is 0.1000. The summed E-state index contributed by atoms with van der Waals surface area (Å²) in [6.07, 6.45) is 4.91. The maximum absolute atomic E-state index is 6.46. The van der Waals surface area contributed by atoms with Gasteiger partial charge in [0, 0.05) is 27.3 Å². The molecule has 2 unspecified atom stereocenters. The number of likely N-dealkylation sites (tertiary alicyclic amines) is 1. The highest BCUT2D eigenvalue weighted by molar-refractivity contribution is 9.10. The Morgan fingerprint density at radius 2 is 2.10 bits per heavy atom. The summed E-state index contributed by atoms with van der Waals surface area (Å²) in [5.74, 6) is 0. The van der Waals surface area contributed by atoms with Crippen LogP contribution in [-0.2, 0) is 0 Å². The fraction of sp³-hybridized carbons (Fsp3) is 0.750. The van der Waals surface area contributed by atoms with Crippen LogP contribution >= 0.6 is 27.3 Å². The van der Waals surface area contributed by atoms with E-state index in [2.05, 4.69) is 53.0 Å². The first kappa shape index (κ1) is 16.5. The summed E-state index contributed by atoms with van der Waals surface area (Å²) in [6, 6.07) is 2.87. The molecule has 2 rings (SSSR count). The van der Waals surface area contributed by atoms with E-state index < -0.39 is 0 Å². The summed E-state index contributed by atoms with van der Waals surface area (Å²) in [7, 11) is 0. The Kier molecular flexibility index (Phi) is 5.69. The van der Waals surface area contributed by atoms with E-state index >= 15 is 0 Å². The van der Waals surface area contributed by atoms with E-state index in [1.54, 1.807) is 0 Å². The van der Waals surface area contributed by atoms with Crippen LogP contribution in [0, 0.1) is 5.41 Å². The van der Waals surface area contributed by atoms with Crippen LogP contribution < -0.4 is 5.73 Å². The van der Waals surface area contributed by atoms with E-state index in [-0.39, 0.29) is 6.04 Å². The van der Waals surface area contributed by atoms with Crippen LogP contribution in [-0.4, -0.2) is 24.0 Å². The molecule has 114 valence electrons. The zero-order chi connectivity index (χ0) is 14.8. The van der Waals surface area contributed by atoms with Gasteiger partial charge in [-0.3, -0.25) is 4.90 Å². The molecule has 0 saturated carbocycles. The monoisotopic (exact) mass is 358 g/mol. The van der Waals surface area contributed by atoms with Gasteiger partial charge < -0.3 is 5.73 Å². The second-order valence-corrected chi connectivity index (χ2v) is 7.97. The lowest BCUT2D eigenvalue weighted by atomic mass is 9.82. The first-order valence-electron chi connectivity index (χ1n) is 7.78. The summed E-state index contributed by atoms with van der Waals surface area (Å²) in [5.41, 5.74) is 6.97. The second kappa shape index (κ2) is 6.91. The number of nitrogens with two attached hydrogens (primary N) is 1. The Balaban J connectivity index is 2.21. The van der Waals surface area contributed by atoms with E-state index in [0.29, 0.717) is 11.5 Å². The molecule has 2 atom stereocenters. The van der Waals surface area contributed by atoms with Crippen LogP contribution in [0.1, 0.15) is 57.4 Å². The largest absolute Gasteiger partial charge is 0.326 e. The summed E-state index contributed by atoms with van der Waals surface area (Å²) in [4.78, 5) is 4.05. The minimum atomic E-state index is 0.227. The molecule has 2 N–H and O–H groups in total. The Labute approximate surface area is 135 Å². The lowest BCUT2D eigenvalue weighted by molar-refractivity contribution is 0.174. The van der Waals surface area contributed by atoms with Crippen molar-refractivity contribution in [3.63, 3.8) is 0 Å². The maximum Gasteiger partial charge on any atom is 0.0593 e. The third-order valence-electron chi connectivity index (χ3n) is 5.12. The molecule has 4 heteroatoms. The SMILES string of the molecule is CCC(N)C(c1cc(Br)cs1)N1CCC(CC)(CC)C1. The molecular formula is C16H27BrN2S. The van der Waals surface area contributed by atoms with Crippen molar-refractivity contribution in [2.75, 3.05) is 13.1 Å². The maximum atomic E-state index is 6.46. The van der Waals surface area contributed by atoms with E-state index in [9.17, 15) is 0 Å². The Morgan fingerprint density at radius 1 is 1.40 bits per heavy atom. The first-order valence-corrected chi connectivity index (χ1v) is 9.46. The molecule has 1 aromatic heterocycles. The third-order valence-corrected chi connectivity index (χ3v) is 6.88. The zero-order valence-corrected chi connectivity index (χ0v) is 15.3. The zero-order valence-electron chi connectivity index (χ0n) is 12.9. The van der Waals surface area contributed by atoms with Gasteiger partial charge in [-0.15, -0.1) is 11.3 Å².